The molecule has 4 nitrogen and oxygen atoms in total. The van der Waals surface area contributed by atoms with Crippen molar-refractivity contribution in [1.82, 2.24) is 4.57 Å². The third-order valence-electron chi connectivity index (χ3n) is 4.79. The van der Waals surface area contributed by atoms with E-state index in [1.807, 2.05) is 6.92 Å². The van der Waals surface area contributed by atoms with Gasteiger partial charge in [0.2, 0.25) is 0 Å². The first-order valence-corrected chi connectivity index (χ1v) is 10.4. The van der Waals surface area contributed by atoms with Gasteiger partial charge in [0.05, 0.1) is 6.61 Å². The molecule has 0 saturated heterocycles. The summed E-state index contributed by atoms with van der Waals surface area (Å²) in [6.45, 7) is 12.0. The molecule has 1 heterocycles. The first-order valence-electron chi connectivity index (χ1n) is 10.4. The van der Waals surface area contributed by atoms with Crippen LogP contribution in [0, 0.1) is 12.8 Å². The average molecular weight is 374 g/mol. The third kappa shape index (κ3) is 6.02. The summed E-state index contributed by atoms with van der Waals surface area (Å²) in [4.78, 5) is 11.7. The molecule has 0 atom stereocenters. The highest BCUT2D eigenvalue weighted by Crippen LogP contribution is 2.30. The van der Waals surface area contributed by atoms with Crippen molar-refractivity contribution in [2.24, 2.45) is 5.92 Å². The molecule has 0 saturated carbocycles. The van der Waals surface area contributed by atoms with Crippen LogP contribution >= 0.6 is 0 Å². The number of carbonyl (C=O) groups excluding carboxylic acids is 1. The van der Waals surface area contributed by atoms with Crippen molar-refractivity contribution in [3.63, 3.8) is 0 Å². The Morgan fingerprint density at radius 3 is 2.56 bits per heavy atom. The van der Waals surface area contributed by atoms with Gasteiger partial charge in [-0.2, -0.15) is 0 Å². The van der Waals surface area contributed by atoms with Crippen LogP contribution in [-0.2, 0) is 22.5 Å². The lowest BCUT2D eigenvalue weighted by atomic mass is 10.0. The highest BCUT2D eigenvalue weighted by atomic mass is 16.6. The molecule has 0 spiro atoms. The summed E-state index contributed by atoms with van der Waals surface area (Å²) in [5.74, 6) is 1.09. The Labute approximate surface area is 163 Å². The molecule has 0 aliphatic carbocycles. The van der Waals surface area contributed by atoms with E-state index in [1.54, 1.807) is 0 Å². The normalized spacial score (nSPS) is 11.3. The van der Waals surface area contributed by atoms with Gasteiger partial charge >= 0.3 is 5.97 Å². The van der Waals surface area contributed by atoms with Gasteiger partial charge in [-0.25, -0.2) is 4.79 Å². The van der Waals surface area contributed by atoms with Gasteiger partial charge in [-0.15, -0.1) is 0 Å². The fraction of sp³-hybridized carbons (Fsp3) is 0.609. The Morgan fingerprint density at radius 1 is 1.11 bits per heavy atom. The molecular weight excluding hydrogens is 338 g/mol. The summed E-state index contributed by atoms with van der Waals surface area (Å²) in [6, 6.07) is 6.56. The van der Waals surface area contributed by atoms with E-state index in [0.717, 1.165) is 25.1 Å². The summed E-state index contributed by atoms with van der Waals surface area (Å²) < 4.78 is 13.3. The Kier molecular flexibility index (Phi) is 8.21. The summed E-state index contributed by atoms with van der Waals surface area (Å²) in [6.07, 6.45) is 5.81. The number of hydrogen-bond donors (Lipinski definition) is 0. The van der Waals surface area contributed by atoms with Gasteiger partial charge < -0.3 is 14.0 Å². The first kappa shape index (κ1) is 21.3. The van der Waals surface area contributed by atoms with Crippen LogP contribution in [0.5, 0.6) is 5.75 Å². The number of hydrogen-bond acceptors (Lipinski definition) is 3. The Balaban J connectivity index is 2.31. The molecule has 27 heavy (non-hydrogen) atoms. The van der Waals surface area contributed by atoms with Crippen LogP contribution in [0.25, 0.3) is 10.9 Å². The van der Waals surface area contributed by atoms with Crippen LogP contribution in [0.4, 0.5) is 0 Å². The lowest BCUT2D eigenvalue weighted by molar-refractivity contribution is -0.145. The van der Waals surface area contributed by atoms with Gasteiger partial charge in [0, 0.05) is 23.1 Å². The van der Waals surface area contributed by atoms with E-state index < -0.39 is 0 Å². The maximum absolute atomic E-state index is 11.7. The van der Waals surface area contributed by atoms with Crippen molar-refractivity contribution >= 4 is 16.9 Å². The van der Waals surface area contributed by atoms with E-state index in [1.165, 1.54) is 41.4 Å². The van der Waals surface area contributed by atoms with Crippen LogP contribution in [0.1, 0.15) is 64.6 Å². The van der Waals surface area contributed by atoms with Gasteiger partial charge in [-0.1, -0.05) is 40.0 Å². The van der Waals surface area contributed by atoms with Gasteiger partial charge in [0.25, 0.3) is 0 Å². The SMILES string of the molecule is CCCCCCc1cc2c(cc1OCC(=O)OCC)cc(C)n2CC(C)C. The van der Waals surface area contributed by atoms with E-state index >= 15 is 0 Å². The second-order valence-electron chi connectivity index (χ2n) is 7.71. The monoisotopic (exact) mass is 373 g/mol. The van der Waals surface area contributed by atoms with Gasteiger partial charge in [-0.3, -0.25) is 0 Å². The number of esters is 1. The number of benzene rings is 1. The van der Waals surface area contributed by atoms with E-state index in [9.17, 15) is 4.79 Å². The first-order chi connectivity index (χ1) is 13.0. The third-order valence-corrected chi connectivity index (χ3v) is 4.79. The fourth-order valence-corrected chi connectivity index (χ4v) is 3.49. The molecule has 0 unspecified atom stereocenters. The molecule has 0 N–H and O–H groups in total. The lowest BCUT2D eigenvalue weighted by Crippen LogP contribution is -2.15. The van der Waals surface area contributed by atoms with Crippen molar-refractivity contribution in [1.29, 1.82) is 0 Å². The van der Waals surface area contributed by atoms with Crippen LogP contribution in [-0.4, -0.2) is 23.8 Å². The van der Waals surface area contributed by atoms with E-state index in [0.29, 0.717) is 12.5 Å². The second-order valence-corrected chi connectivity index (χ2v) is 7.71. The van der Waals surface area contributed by atoms with Crippen molar-refractivity contribution in [2.45, 2.75) is 73.3 Å². The fourth-order valence-electron chi connectivity index (χ4n) is 3.49. The number of aryl methyl sites for hydroxylation is 2. The average Bonchev–Trinajstić information content (AvgIpc) is 2.91. The van der Waals surface area contributed by atoms with Gasteiger partial charge in [0.15, 0.2) is 6.61 Å². The Hall–Kier alpha value is -1.97. The summed E-state index contributed by atoms with van der Waals surface area (Å²) in [5, 5.41) is 1.17. The molecule has 0 radical (unpaired) electrons. The smallest absolute Gasteiger partial charge is 0.344 e. The van der Waals surface area contributed by atoms with Crippen molar-refractivity contribution in [3.8, 4) is 5.75 Å². The molecule has 150 valence electrons. The summed E-state index contributed by atoms with van der Waals surface area (Å²) in [7, 11) is 0. The van der Waals surface area contributed by atoms with E-state index in [-0.39, 0.29) is 12.6 Å². The van der Waals surface area contributed by atoms with Gasteiger partial charge in [0.1, 0.15) is 5.75 Å². The highest BCUT2D eigenvalue weighted by Gasteiger charge is 2.14. The maximum atomic E-state index is 11.7. The van der Waals surface area contributed by atoms with Crippen molar-refractivity contribution in [2.75, 3.05) is 13.2 Å². The minimum Gasteiger partial charge on any atom is -0.482 e. The van der Waals surface area contributed by atoms with E-state index in [2.05, 4.69) is 50.5 Å². The molecule has 4 heteroatoms. The predicted octanol–water partition coefficient (Wildman–Crippen LogP) is 5.67. The highest BCUT2D eigenvalue weighted by molar-refractivity contribution is 5.84. The molecule has 0 aliphatic rings. The van der Waals surface area contributed by atoms with Crippen molar-refractivity contribution < 1.29 is 14.3 Å². The number of fused-ring (bicyclic) bond motifs is 1. The number of carbonyl (C=O) groups is 1. The predicted molar refractivity (Wildman–Crippen MR) is 111 cm³/mol. The number of ether oxygens (including phenoxy) is 2. The zero-order chi connectivity index (χ0) is 19.8. The summed E-state index contributed by atoms with van der Waals surface area (Å²) >= 11 is 0. The van der Waals surface area contributed by atoms with Gasteiger partial charge in [-0.05, 0) is 56.4 Å². The Bertz CT molecular complexity index is 746. The van der Waals surface area contributed by atoms with Crippen LogP contribution in [0.2, 0.25) is 0 Å². The molecule has 0 amide bonds. The molecule has 0 bridgehead atoms. The molecule has 1 aromatic heterocycles. The molecule has 0 aliphatic heterocycles. The molecule has 0 fully saturated rings. The molecule has 1 aromatic carbocycles. The van der Waals surface area contributed by atoms with Crippen molar-refractivity contribution in [3.05, 3.63) is 29.5 Å². The quantitative estimate of drug-likeness (QED) is 0.376. The van der Waals surface area contributed by atoms with Crippen LogP contribution in [0.3, 0.4) is 0 Å². The number of nitrogens with zero attached hydrogens (tertiary/aromatic N) is 1. The molecule has 2 aromatic rings. The number of aromatic nitrogens is 1. The topological polar surface area (TPSA) is 40.5 Å². The zero-order valence-corrected chi connectivity index (χ0v) is 17.6. The van der Waals surface area contributed by atoms with E-state index in [4.69, 9.17) is 9.47 Å². The zero-order valence-electron chi connectivity index (χ0n) is 17.6. The minimum absolute atomic E-state index is 0.0347. The second kappa shape index (κ2) is 10.4. The number of rotatable bonds is 11. The van der Waals surface area contributed by atoms with Crippen LogP contribution < -0.4 is 4.74 Å². The standard InChI is InChI=1S/C23H35NO3/c1-6-8-9-10-11-19-13-21-20(12-18(5)24(21)15-17(3)4)14-22(19)27-16-23(25)26-7-2/h12-14,17H,6-11,15-16H2,1-5H3. The summed E-state index contributed by atoms with van der Waals surface area (Å²) in [5.41, 5.74) is 3.71. The molecule has 2 rings (SSSR count). The molecular formula is C23H35NO3. The Morgan fingerprint density at radius 2 is 1.89 bits per heavy atom. The largest absolute Gasteiger partial charge is 0.482 e. The lowest BCUT2D eigenvalue weighted by Gasteiger charge is -2.15. The van der Waals surface area contributed by atoms with Crippen LogP contribution in [0.15, 0.2) is 18.2 Å². The number of unbranched alkanes of at least 4 members (excludes halogenated alkanes) is 3. The maximum Gasteiger partial charge on any atom is 0.344 e. The minimum atomic E-state index is -0.317.